The minimum Gasteiger partial charge on any atom is -0.461 e. The second-order valence-electron chi connectivity index (χ2n) is 8.22. The van der Waals surface area contributed by atoms with Crippen molar-refractivity contribution in [3.05, 3.63) is 101 Å². The molecule has 5 N–H and O–H groups in total. The van der Waals surface area contributed by atoms with Crippen LogP contribution in [0.5, 0.6) is 0 Å². The van der Waals surface area contributed by atoms with E-state index in [1.54, 1.807) is 12.1 Å². The van der Waals surface area contributed by atoms with E-state index >= 15 is 0 Å². The van der Waals surface area contributed by atoms with E-state index in [-0.39, 0.29) is 18.5 Å². The molecule has 3 aromatic carbocycles. The number of nitrogens with zero attached hydrogens (tertiary/aromatic N) is 3. The number of anilines is 2. The van der Waals surface area contributed by atoms with Crippen LogP contribution in [0.25, 0.3) is 21.3 Å². The van der Waals surface area contributed by atoms with E-state index in [9.17, 15) is 4.79 Å². The fourth-order valence-electron chi connectivity index (χ4n) is 3.78. The highest BCUT2D eigenvalue weighted by atomic mass is 32.1. The Kier molecular flexibility index (Phi) is 7.05. The number of nitrogens with two attached hydrogens (primary N) is 2. The first-order valence-electron chi connectivity index (χ1n) is 11.6. The molecule has 0 bridgehead atoms. The number of aromatic nitrogens is 2. The number of nitrogens with one attached hydrogen (secondary N) is 1. The second-order valence-corrected chi connectivity index (χ2v) is 9.30. The highest BCUT2D eigenvalue weighted by Gasteiger charge is 2.13. The molecule has 0 aliphatic rings. The number of hydrogen-bond donors (Lipinski definition) is 3. The van der Waals surface area contributed by atoms with E-state index in [1.165, 1.54) is 11.3 Å². The number of benzene rings is 3. The van der Waals surface area contributed by atoms with Crippen molar-refractivity contribution in [1.82, 2.24) is 10.2 Å². The Morgan fingerprint density at radius 3 is 2.57 bits per heavy atom. The van der Waals surface area contributed by atoms with Gasteiger partial charge in [-0.2, -0.15) is 4.99 Å². The average Bonchev–Trinajstić information content (AvgIpc) is 3.34. The maximum Gasteiger partial charge on any atom is 0.348 e. The lowest BCUT2D eigenvalue weighted by atomic mass is 10.1. The number of carbonyl (C=O) groups excluding carboxylic acids is 1. The molecule has 0 unspecified atom stereocenters. The molecule has 184 valence electrons. The molecule has 0 radical (unpaired) electrons. The van der Waals surface area contributed by atoms with Gasteiger partial charge in [0, 0.05) is 28.1 Å². The van der Waals surface area contributed by atoms with Gasteiger partial charge in [0.2, 0.25) is 0 Å². The zero-order chi connectivity index (χ0) is 25.6. The Bertz CT molecular complexity index is 1570. The molecule has 2 heterocycles. The number of nitrogen functional groups attached to an aromatic ring is 1. The molecule has 0 aliphatic carbocycles. The van der Waals surface area contributed by atoms with Crippen LogP contribution >= 0.6 is 11.3 Å². The lowest BCUT2D eigenvalue weighted by Crippen LogP contribution is -2.23. The summed E-state index contributed by atoms with van der Waals surface area (Å²) in [4.78, 5) is 17.4. The molecule has 9 heteroatoms. The summed E-state index contributed by atoms with van der Waals surface area (Å²) in [5, 5.41) is 12.4. The van der Waals surface area contributed by atoms with Crippen molar-refractivity contribution in [3.8, 4) is 11.3 Å². The van der Waals surface area contributed by atoms with Crippen LogP contribution in [0, 0.1) is 0 Å². The van der Waals surface area contributed by atoms with Crippen LogP contribution in [0.3, 0.4) is 0 Å². The number of ether oxygens (including phenoxy) is 1. The van der Waals surface area contributed by atoms with Gasteiger partial charge in [-0.3, -0.25) is 0 Å². The maximum absolute atomic E-state index is 12.6. The molecule has 37 heavy (non-hydrogen) atoms. The van der Waals surface area contributed by atoms with Crippen molar-refractivity contribution in [2.75, 3.05) is 17.7 Å². The van der Waals surface area contributed by atoms with Crippen molar-refractivity contribution >= 4 is 50.5 Å². The summed E-state index contributed by atoms with van der Waals surface area (Å²) in [6.45, 7) is 0.220. The first-order valence-corrected chi connectivity index (χ1v) is 12.4. The fourth-order valence-corrected chi connectivity index (χ4v) is 4.72. The van der Waals surface area contributed by atoms with Gasteiger partial charge < -0.3 is 21.5 Å². The van der Waals surface area contributed by atoms with E-state index in [0.717, 1.165) is 32.6 Å². The maximum atomic E-state index is 12.6. The molecule has 8 nitrogen and oxygen atoms in total. The molecule has 0 spiro atoms. The number of aliphatic imine (C=N–C) groups is 1. The molecule has 0 amide bonds. The third-order valence-corrected chi connectivity index (χ3v) is 6.68. The van der Waals surface area contributed by atoms with Gasteiger partial charge in [0.1, 0.15) is 4.88 Å². The molecule has 0 fully saturated rings. The quantitative estimate of drug-likeness (QED) is 0.116. The number of thiophene rings is 1. The molecule has 0 aliphatic heterocycles. The third kappa shape index (κ3) is 5.91. The minimum atomic E-state index is -0.358. The smallest absolute Gasteiger partial charge is 0.348 e. The van der Waals surface area contributed by atoms with Gasteiger partial charge in [0.15, 0.2) is 11.8 Å². The summed E-state index contributed by atoms with van der Waals surface area (Å²) in [7, 11) is 0. The molecule has 5 rings (SSSR count). The average molecular weight is 509 g/mol. The van der Waals surface area contributed by atoms with Gasteiger partial charge in [-0.25, -0.2) is 4.79 Å². The number of guanidine groups is 1. The lowest BCUT2D eigenvalue weighted by Gasteiger charge is -2.11. The Morgan fingerprint density at radius 2 is 1.76 bits per heavy atom. The normalized spacial score (nSPS) is 11.4. The molecule has 0 saturated heterocycles. The molecular weight excluding hydrogens is 484 g/mol. The predicted octanol–water partition coefficient (Wildman–Crippen LogP) is 5.40. The first kappa shape index (κ1) is 24.0. The van der Waals surface area contributed by atoms with Crippen LogP contribution in [0.1, 0.15) is 15.2 Å². The van der Waals surface area contributed by atoms with Gasteiger partial charge in [-0.05, 0) is 53.4 Å². The van der Waals surface area contributed by atoms with Gasteiger partial charge in [-0.15, -0.1) is 21.5 Å². The fraction of sp³-hybridized carbons (Fsp3) is 0.0714. The summed E-state index contributed by atoms with van der Waals surface area (Å²) in [5.41, 5.74) is 16.1. The van der Waals surface area contributed by atoms with Crippen molar-refractivity contribution in [1.29, 1.82) is 0 Å². The second kappa shape index (κ2) is 10.9. The molecule has 2 aromatic heterocycles. The number of hydrogen-bond acceptors (Lipinski definition) is 7. The van der Waals surface area contributed by atoms with Crippen LogP contribution in [0.4, 0.5) is 17.2 Å². The van der Waals surface area contributed by atoms with E-state index in [0.29, 0.717) is 22.8 Å². The summed E-state index contributed by atoms with van der Waals surface area (Å²) in [5.74, 6) is 0.209. The zero-order valence-corrected chi connectivity index (χ0v) is 20.6. The summed E-state index contributed by atoms with van der Waals surface area (Å²) in [6, 6.07) is 28.4. The number of para-hydroxylation sites is 1. The van der Waals surface area contributed by atoms with Crippen molar-refractivity contribution in [2.45, 2.75) is 6.42 Å². The third-order valence-electron chi connectivity index (χ3n) is 5.58. The standard InChI is InChI=1S/C28H24N6O2S/c29-21-10-12-24-20(16-21)17-25(37-24)27(35)36-15-14-19-8-4-5-9-22(19)31-28(30)32-26-13-11-23(33-34-26)18-6-2-1-3-7-18/h1-13,16-17H,14-15,29H2,(H3,30,31,32,34). The van der Waals surface area contributed by atoms with Crippen LogP contribution in [-0.2, 0) is 11.2 Å². The van der Waals surface area contributed by atoms with Crippen LogP contribution < -0.4 is 16.8 Å². The summed E-state index contributed by atoms with van der Waals surface area (Å²) >= 11 is 1.39. The minimum absolute atomic E-state index is 0.177. The monoisotopic (exact) mass is 508 g/mol. The van der Waals surface area contributed by atoms with Gasteiger partial charge in [0.05, 0.1) is 12.3 Å². The SMILES string of the molecule is NC(=Nc1ccc(-c2ccccc2)nn1)Nc1ccccc1CCOC(=O)c1cc2cc(N)ccc2s1. The Balaban J connectivity index is 1.20. The van der Waals surface area contributed by atoms with Gasteiger partial charge in [0.25, 0.3) is 0 Å². The highest BCUT2D eigenvalue weighted by Crippen LogP contribution is 2.28. The predicted molar refractivity (Wildman–Crippen MR) is 149 cm³/mol. The largest absolute Gasteiger partial charge is 0.461 e. The lowest BCUT2D eigenvalue weighted by molar-refractivity contribution is 0.0515. The van der Waals surface area contributed by atoms with E-state index < -0.39 is 0 Å². The van der Waals surface area contributed by atoms with E-state index in [2.05, 4.69) is 20.5 Å². The summed E-state index contributed by atoms with van der Waals surface area (Å²) < 4.78 is 6.52. The van der Waals surface area contributed by atoms with E-state index in [4.69, 9.17) is 16.2 Å². The van der Waals surface area contributed by atoms with Crippen molar-refractivity contribution in [3.63, 3.8) is 0 Å². The van der Waals surface area contributed by atoms with Crippen LogP contribution in [0.15, 0.2) is 96.0 Å². The van der Waals surface area contributed by atoms with E-state index in [1.807, 2.05) is 78.9 Å². The topological polar surface area (TPSA) is 129 Å². The number of carbonyl (C=O) groups is 1. The molecule has 5 aromatic rings. The molecular formula is C28H24N6O2S. The number of rotatable bonds is 7. The van der Waals surface area contributed by atoms with Gasteiger partial charge >= 0.3 is 5.97 Å². The van der Waals surface area contributed by atoms with Crippen LogP contribution in [-0.4, -0.2) is 28.7 Å². The molecule has 0 saturated carbocycles. The Labute approximate surface area is 217 Å². The summed E-state index contributed by atoms with van der Waals surface area (Å²) in [6.07, 6.45) is 0.506. The van der Waals surface area contributed by atoms with Gasteiger partial charge in [-0.1, -0.05) is 48.5 Å². The Morgan fingerprint density at radius 1 is 0.946 bits per heavy atom. The first-order chi connectivity index (χ1) is 18.0. The van der Waals surface area contributed by atoms with Crippen molar-refractivity contribution in [2.24, 2.45) is 10.7 Å². The zero-order valence-electron chi connectivity index (χ0n) is 19.8. The van der Waals surface area contributed by atoms with Crippen molar-refractivity contribution < 1.29 is 9.53 Å². The number of fused-ring (bicyclic) bond motifs is 1. The van der Waals surface area contributed by atoms with Crippen LogP contribution in [0.2, 0.25) is 0 Å². The number of esters is 1. The Hall–Kier alpha value is -4.76. The molecule has 0 atom stereocenters. The highest BCUT2D eigenvalue weighted by molar-refractivity contribution is 7.20.